The first-order valence-corrected chi connectivity index (χ1v) is 7.99. The van der Waals surface area contributed by atoms with E-state index in [9.17, 15) is 4.79 Å². The molecular formula is C16H33N3O. The highest BCUT2D eigenvalue weighted by Gasteiger charge is 2.38. The molecule has 1 amide bonds. The molecule has 1 rings (SSSR count). The van der Waals surface area contributed by atoms with Gasteiger partial charge in [-0.1, -0.05) is 13.8 Å². The highest BCUT2D eigenvalue weighted by molar-refractivity contribution is 5.84. The van der Waals surface area contributed by atoms with Gasteiger partial charge in [-0.25, -0.2) is 0 Å². The standard InChI is InChI=1S/C16H33N3O/c1-11(2)10-19(14-7-8-14)13(5)9-16(6,15(17)20)18-12(3)4/h11-14,18H,7-10H2,1-6H3,(H2,17,20). The molecule has 1 aliphatic rings. The molecule has 2 atom stereocenters. The van der Waals surface area contributed by atoms with Gasteiger partial charge < -0.3 is 11.1 Å². The summed E-state index contributed by atoms with van der Waals surface area (Å²) in [7, 11) is 0. The highest BCUT2D eigenvalue weighted by Crippen LogP contribution is 2.31. The zero-order valence-corrected chi connectivity index (χ0v) is 14.1. The maximum atomic E-state index is 11.9. The molecule has 0 aromatic carbocycles. The topological polar surface area (TPSA) is 58.4 Å². The number of nitrogens with two attached hydrogens (primary N) is 1. The minimum atomic E-state index is -0.627. The quantitative estimate of drug-likeness (QED) is 0.681. The van der Waals surface area contributed by atoms with Gasteiger partial charge in [-0.2, -0.15) is 0 Å². The zero-order valence-electron chi connectivity index (χ0n) is 14.1. The molecule has 0 saturated heterocycles. The minimum Gasteiger partial charge on any atom is -0.368 e. The summed E-state index contributed by atoms with van der Waals surface area (Å²) in [5.74, 6) is 0.397. The first-order valence-electron chi connectivity index (χ1n) is 7.99. The lowest BCUT2D eigenvalue weighted by molar-refractivity contribution is -0.125. The van der Waals surface area contributed by atoms with Crippen LogP contribution in [-0.4, -0.2) is 41.0 Å². The molecule has 0 heterocycles. The van der Waals surface area contributed by atoms with Gasteiger partial charge in [0.1, 0.15) is 0 Å². The number of nitrogens with zero attached hydrogens (tertiary/aromatic N) is 1. The van der Waals surface area contributed by atoms with Crippen LogP contribution in [0.4, 0.5) is 0 Å². The number of hydrogen-bond acceptors (Lipinski definition) is 3. The van der Waals surface area contributed by atoms with Crippen molar-refractivity contribution in [3.63, 3.8) is 0 Å². The molecule has 0 spiro atoms. The summed E-state index contributed by atoms with van der Waals surface area (Å²) in [5.41, 5.74) is 5.01. The minimum absolute atomic E-state index is 0.249. The molecule has 3 N–H and O–H groups in total. The number of carbonyl (C=O) groups excluding carboxylic acids is 1. The summed E-state index contributed by atoms with van der Waals surface area (Å²) in [6.45, 7) is 13.9. The van der Waals surface area contributed by atoms with E-state index in [1.165, 1.54) is 12.8 Å². The SMILES string of the molecule is CC(C)CN(C(C)CC(C)(NC(C)C)C(N)=O)C1CC1. The van der Waals surface area contributed by atoms with E-state index in [0.29, 0.717) is 18.0 Å². The van der Waals surface area contributed by atoms with E-state index in [0.717, 1.165) is 13.0 Å². The zero-order chi connectivity index (χ0) is 15.5. The Kier molecular flexibility index (Phi) is 6.02. The van der Waals surface area contributed by atoms with Crippen LogP contribution in [0.5, 0.6) is 0 Å². The Balaban J connectivity index is 2.72. The first kappa shape index (κ1) is 17.4. The Morgan fingerprint density at radius 3 is 2.20 bits per heavy atom. The normalized spacial score (nSPS) is 20.4. The fraction of sp³-hybridized carbons (Fsp3) is 0.938. The molecule has 1 fully saturated rings. The van der Waals surface area contributed by atoms with Crippen LogP contribution >= 0.6 is 0 Å². The Morgan fingerprint density at radius 2 is 1.85 bits per heavy atom. The molecule has 1 aliphatic carbocycles. The maximum absolute atomic E-state index is 11.9. The van der Waals surface area contributed by atoms with E-state index in [1.807, 2.05) is 6.92 Å². The lowest BCUT2D eigenvalue weighted by Gasteiger charge is -2.38. The average Bonchev–Trinajstić information content (AvgIpc) is 3.07. The summed E-state index contributed by atoms with van der Waals surface area (Å²) in [6, 6.07) is 1.33. The molecule has 0 bridgehead atoms. The Morgan fingerprint density at radius 1 is 1.30 bits per heavy atom. The second-order valence-corrected chi connectivity index (χ2v) is 7.37. The van der Waals surface area contributed by atoms with Crippen LogP contribution in [0, 0.1) is 5.92 Å². The second-order valence-electron chi connectivity index (χ2n) is 7.37. The van der Waals surface area contributed by atoms with Crippen molar-refractivity contribution in [3.8, 4) is 0 Å². The summed E-state index contributed by atoms with van der Waals surface area (Å²) in [5, 5.41) is 3.35. The number of carbonyl (C=O) groups is 1. The number of rotatable bonds is 9. The molecule has 0 radical (unpaired) electrons. The van der Waals surface area contributed by atoms with Crippen molar-refractivity contribution in [3.05, 3.63) is 0 Å². The lowest BCUT2D eigenvalue weighted by atomic mass is 9.90. The van der Waals surface area contributed by atoms with Crippen LogP contribution in [0.25, 0.3) is 0 Å². The largest absolute Gasteiger partial charge is 0.368 e. The number of hydrogen-bond donors (Lipinski definition) is 2. The monoisotopic (exact) mass is 283 g/mol. The average molecular weight is 283 g/mol. The van der Waals surface area contributed by atoms with Crippen molar-refractivity contribution in [1.29, 1.82) is 0 Å². The van der Waals surface area contributed by atoms with Crippen LogP contribution in [0.15, 0.2) is 0 Å². The van der Waals surface area contributed by atoms with Gasteiger partial charge in [-0.05, 0) is 52.9 Å². The Labute approximate surface area is 124 Å². The molecule has 0 aromatic rings. The molecule has 0 aromatic heterocycles. The predicted molar refractivity (Wildman–Crippen MR) is 84.5 cm³/mol. The van der Waals surface area contributed by atoms with Gasteiger partial charge in [0.05, 0.1) is 5.54 Å². The third kappa shape index (κ3) is 5.06. The summed E-state index contributed by atoms with van der Waals surface area (Å²) < 4.78 is 0. The third-order valence-electron chi connectivity index (χ3n) is 4.01. The van der Waals surface area contributed by atoms with Crippen molar-refractivity contribution < 1.29 is 4.79 Å². The van der Waals surface area contributed by atoms with E-state index in [1.54, 1.807) is 0 Å². The molecule has 2 unspecified atom stereocenters. The summed E-state index contributed by atoms with van der Waals surface area (Å²) in [6.07, 6.45) is 3.35. The molecule has 118 valence electrons. The van der Waals surface area contributed by atoms with E-state index >= 15 is 0 Å². The fourth-order valence-electron chi connectivity index (χ4n) is 3.09. The molecule has 4 nitrogen and oxygen atoms in total. The Bertz CT molecular complexity index is 326. The number of primary amides is 1. The van der Waals surface area contributed by atoms with Gasteiger partial charge in [-0.3, -0.25) is 9.69 Å². The second kappa shape index (κ2) is 6.90. The van der Waals surface area contributed by atoms with Crippen LogP contribution in [0.2, 0.25) is 0 Å². The van der Waals surface area contributed by atoms with Crippen LogP contribution in [0.3, 0.4) is 0 Å². The van der Waals surface area contributed by atoms with Crippen molar-refractivity contribution in [2.24, 2.45) is 11.7 Å². The van der Waals surface area contributed by atoms with Crippen LogP contribution in [0.1, 0.15) is 60.8 Å². The molecular weight excluding hydrogens is 250 g/mol. The lowest BCUT2D eigenvalue weighted by Crippen LogP contribution is -2.58. The van der Waals surface area contributed by atoms with Gasteiger partial charge in [0, 0.05) is 24.7 Å². The van der Waals surface area contributed by atoms with Crippen molar-refractivity contribution in [2.75, 3.05) is 6.54 Å². The maximum Gasteiger partial charge on any atom is 0.237 e. The van der Waals surface area contributed by atoms with Gasteiger partial charge in [-0.15, -0.1) is 0 Å². The van der Waals surface area contributed by atoms with Crippen LogP contribution < -0.4 is 11.1 Å². The smallest absolute Gasteiger partial charge is 0.237 e. The van der Waals surface area contributed by atoms with Gasteiger partial charge in [0.2, 0.25) is 5.91 Å². The van der Waals surface area contributed by atoms with E-state index in [2.05, 4.69) is 44.8 Å². The van der Waals surface area contributed by atoms with Gasteiger partial charge >= 0.3 is 0 Å². The first-order chi connectivity index (χ1) is 9.15. The number of amides is 1. The molecule has 4 heteroatoms. The van der Waals surface area contributed by atoms with Crippen molar-refractivity contribution >= 4 is 5.91 Å². The molecule has 1 saturated carbocycles. The fourth-order valence-corrected chi connectivity index (χ4v) is 3.09. The highest BCUT2D eigenvalue weighted by atomic mass is 16.1. The van der Waals surface area contributed by atoms with Crippen LogP contribution in [-0.2, 0) is 4.79 Å². The van der Waals surface area contributed by atoms with Gasteiger partial charge in [0.25, 0.3) is 0 Å². The summed E-state index contributed by atoms with van der Waals surface area (Å²) >= 11 is 0. The van der Waals surface area contributed by atoms with E-state index < -0.39 is 5.54 Å². The summed E-state index contributed by atoms with van der Waals surface area (Å²) in [4.78, 5) is 14.4. The Hall–Kier alpha value is -0.610. The third-order valence-corrected chi connectivity index (χ3v) is 4.01. The van der Waals surface area contributed by atoms with Crippen molar-refractivity contribution in [1.82, 2.24) is 10.2 Å². The number of nitrogens with one attached hydrogen (secondary N) is 1. The van der Waals surface area contributed by atoms with E-state index in [4.69, 9.17) is 5.73 Å². The van der Waals surface area contributed by atoms with E-state index in [-0.39, 0.29) is 11.9 Å². The molecule has 0 aliphatic heterocycles. The van der Waals surface area contributed by atoms with Crippen molar-refractivity contribution in [2.45, 2.75) is 84.5 Å². The molecule has 20 heavy (non-hydrogen) atoms. The predicted octanol–water partition coefficient (Wildman–Crippen LogP) is 2.13. The van der Waals surface area contributed by atoms with Gasteiger partial charge in [0.15, 0.2) is 0 Å².